The topological polar surface area (TPSA) is 93.9 Å². The third-order valence-corrected chi connectivity index (χ3v) is 4.55. The Morgan fingerprint density at radius 3 is 2.52 bits per heavy atom. The molecule has 136 valence electrons. The summed E-state index contributed by atoms with van der Waals surface area (Å²) >= 11 is 0. The van der Waals surface area contributed by atoms with Crippen LogP contribution in [0.1, 0.15) is 28.7 Å². The van der Waals surface area contributed by atoms with Crippen molar-refractivity contribution in [2.45, 2.75) is 13.8 Å². The van der Waals surface area contributed by atoms with Gasteiger partial charge in [-0.2, -0.15) is 5.26 Å². The van der Waals surface area contributed by atoms with Crippen LogP contribution in [0.5, 0.6) is 0 Å². The fraction of sp³-hybridized carbons (Fsp3) is 0.190. The molecule has 0 saturated heterocycles. The van der Waals surface area contributed by atoms with Gasteiger partial charge in [0.05, 0.1) is 23.6 Å². The van der Waals surface area contributed by atoms with Crippen LogP contribution in [0.25, 0.3) is 22.4 Å². The van der Waals surface area contributed by atoms with Gasteiger partial charge >= 0.3 is 5.97 Å². The summed E-state index contributed by atoms with van der Waals surface area (Å²) in [7, 11) is 1.76. The van der Waals surface area contributed by atoms with Crippen molar-refractivity contribution in [2.75, 3.05) is 12.3 Å². The molecule has 0 fully saturated rings. The molecule has 27 heavy (non-hydrogen) atoms. The van der Waals surface area contributed by atoms with Crippen molar-refractivity contribution < 1.29 is 9.53 Å². The number of esters is 1. The van der Waals surface area contributed by atoms with Gasteiger partial charge in [-0.25, -0.2) is 4.79 Å². The van der Waals surface area contributed by atoms with Gasteiger partial charge in [0.2, 0.25) is 0 Å². The van der Waals surface area contributed by atoms with E-state index in [9.17, 15) is 10.1 Å². The van der Waals surface area contributed by atoms with E-state index in [-0.39, 0.29) is 6.61 Å². The minimum atomic E-state index is -0.447. The highest BCUT2D eigenvalue weighted by Crippen LogP contribution is 2.34. The Balaban J connectivity index is 2.14. The van der Waals surface area contributed by atoms with Crippen molar-refractivity contribution in [3.05, 3.63) is 59.5 Å². The number of benzene rings is 1. The average molecular weight is 360 g/mol. The maximum absolute atomic E-state index is 12.5. The molecule has 2 N–H and O–H groups in total. The summed E-state index contributed by atoms with van der Waals surface area (Å²) in [6.07, 6.45) is 1.69. The highest BCUT2D eigenvalue weighted by Gasteiger charge is 2.25. The Hall–Kier alpha value is -3.59. The first kappa shape index (κ1) is 18.2. The van der Waals surface area contributed by atoms with Gasteiger partial charge in [0.1, 0.15) is 11.8 Å². The standard InChI is InChI=1S/C21H20N4O2/c1-4-27-21(26)20-18(16(12-22)13(2)25(20)3)14-7-9-15(10-8-14)19-17(23)6-5-11-24-19/h5-11H,4,23H2,1-3H3. The minimum Gasteiger partial charge on any atom is -0.461 e. The number of carbonyl (C=O) groups excluding carboxylic acids is 1. The van der Waals surface area contributed by atoms with Gasteiger partial charge in [-0.05, 0) is 31.5 Å². The molecule has 3 aromatic rings. The summed E-state index contributed by atoms with van der Waals surface area (Å²) in [4.78, 5) is 16.8. The largest absolute Gasteiger partial charge is 0.461 e. The molecule has 0 amide bonds. The van der Waals surface area contributed by atoms with Crippen molar-refractivity contribution >= 4 is 11.7 Å². The van der Waals surface area contributed by atoms with Crippen LogP contribution in [0.3, 0.4) is 0 Å². The summed E-state index contributed by atoms with van der Waals surface area (Å²) in [6.45, 7) is 3.83. The van der Waals surface area contributed by atoms with E-state index in [0.717, 1.165) is 11.1 Å². The highest BCUT2D eigenvalue weighted by atomic mass is 16.5. The zero-order valence-corrected chi connectivity index (χ0v) is 15.5. The lowest BCUT2D eigenvalue weighted by molar-refractivity contribution is 0.0516. The van der Waals surface area contributed by atoms with Crippen LogP contribution in [0.2, 0.25) is 0 Å². The summed E-state index contributed by atoms with van der Waals surface area (Å²) in [5, 5.41) is 9.64. The van der Waals surface area contributed by atoms with Crippen LogP contribution in [0.15, 0.2) is 42.6 Å². The summed E-state index contributed by atoms with van der Waals surface area (Å²) in [5.74, 6) is -0.447. The molecule has 0 unspecified atom stereocenters. The molecule has 2 heterocycles. The summed E-state index contributed by atoms with van der Waals surface area (Å²) in [5.41, 5.74) is 11.0. The molecule has 3 rings (SSSR count). The first-order valence-electron chi connectivity index (χ1n) is 8.57. The van der Waals surface area contributed by atoms with E-state index in [4.69, 9.17) is 10.5 Å². The van der Waals surface area contributed by atoms with Crippen LogP contribution < -0.4 is 5.73 Å². The van der Waals surface area contributed by atoms with Gasteiger partial charge in [-0.1, -0.05) is 24.3 Å². The molecular weight excluding hydrogens is 340 g/mol. The van der Waals surface area contributed by atoms with E-state index in [1.807, 2.05) is 31.2 Å². The van der Waals surface area contributed by atoms with Crippen LogP contribution >= 0.6 is 0 Å². The van der Waals surface area contributed by atoms with Gasteiger partial charge in [0, 0.05) is 30.1 Å². The lowest BCUT2D eigenvalue weighted by atomic mass is 9.98. The van der Waals surface area contributed by atoms with Gasteiger partial charge < -0.3 is 15.0 Å². The number of nitrogens with two attached hydrogens (primary N) is 1. The third-order valence-electron chi connectivity index (χ3n) is 4.55. The number of aromatic nitrogens is 2. The number of hydrogen-bond acceptors (Lipinski definition) is 5. The number of ether oxygens (including phenoxy) is 1. The Labute approximate surface area is 157 Å². The molecule has 0 aliphatic heterocycles. The van der Waals surface area contributed by atoms with Crippen molar-refractivity contribution in [3.63, 3.8) is 0 Å². The van der Waals surface area contributed by atoms with Gasteiger partial charge in [0.25, 0.3) is 0 Å². The number of carbonyl (C=O) groups is 1. The lowest BCUT2D eigenvalue weighted by Gasteiger charge is -2.09. The monoisotopic (exact) mass is 360 g/mol. The Morgan fingerprint density at radius 2 is 1.93 bits per heavy atom. The fourth-order valence-corrected chi connectivity index (χ4v) is 3.11. The first-order valence-corrected chi connectivity index (χ1v) is 8.57. The molecular formula is C21H20N4O2. The van der Waals surface area contributed by atoms with Crippen molar-refractivity contribution in [1.82, 2.24) is 9.55 Å². The predicted molar refractivity (Wildman–Crippen MR) is 104 cm³/mol. The number of pyridine rings is 1. The lowest BCUT2D eigenvalue weighted by Crippen LogP contribution is -2.11. The SMILES string of the molecule is CCOC(=O)c1c(-c2ccc(-c3ncccc3N)cc2)c(C#N)c(C)n1C. The maximum Gasteiger partial charge on any atom is 0.355 e. The van der Waals surface area contributed by atoms with E-state index in [0.29, 0.717) is 33.9 Å². The van der Waals surface area contributed by atoms with Crippen LogP contribution in [0.4, 0.5) is 5.69 Å². The van der Waals surface area contributed by atoms with E-state index >= 15 is 0 Å². The molecule has 0 aliphatic carbocycles. The summed E-state index contributed by atoms with van der Waals surface area (Å²) < 4.78 is 6.90. The zero-order chi connectivity index (χ0) is 19.6. The third kappa shape index (κ3) is 3.15. The van der Waals surface area contributed by atoms with E-state index in [1.54, 1.807) is 36.9 Å². The second-order valence-corrected chi connectivity index (χ2v) is 6.09. The van der Waals surface area contributed by atoms with E-state index < -0.39 is 5.97 Å². The van der Waals surface area contributed by atoms with Gasteiger partial charge in [-0.3, -0.25) is 4.98 Å². The highest BCUT2D eigenvalue weighted by molar-refractivity contribution is 5.98. The molecule has 6 nitrogen and oxygen atoms in total. The fourth-order valence-electron chi connectivity index (χ4n) is 3.11. The minimum absolute atomic E-state index is 0.266. The Kier molecular flexibility index (Phi) is 4.95. The normalized spacial score (nSPS) is 10.4. The average Bonchev–Trinajstić information content (AvgIpc) is 2.93. The van der Waals surface area contributed by atoms with E-state index in [2.05, 4.69) is 11.1 Å². The number of nitrogen functional groups attached to an aromatic ring is 1. The zero-order valence-electron chi connectivity index (χ0n) is 15.5. The molecule has 0 radical (unpaired) electrons. The summed E-state index contributed by atoms with van der Waals surface area (Å²) in [6, 6.07) is 13.3. The number of anilines is 1. The van der Waals surface area contributed by atoms with Gasteiger partial charge in [-0.15, -0.1) is 0 Å². The van der Waals surface area contributed by atoms with Crippen LogP contribution in [-0.4, -0.2) is 22.1 Å². The molecule has 0 saturated carbocycles. The quantitative estimate of drug-likeness (QED) is 0.716. The molecule has 2 aromatic heterocycles. The molecule has 0 atom stereocenters. The van der Waals surface area contributed by atoms with Crippen molar-refractivity contribution in [2.24, 2.45) is 7.05 Å². The molecule has 1 aromatic carbocycles. The second kappa shape index (κ2) is 7.34. The second-order valence-electron chi connectivity index (χ2n) is 6.09. The maximum atomic E-state index is 12.5. The first-order chi connectivity index (χ1) is 13.0. The van der Waals surface area contributed by atoms with Crippen LogP contribution in [-0.2, 0) is 11.8 Å². The van der Waals surface area contributed by atoms with Gasteiger partial charge in [0.15, 0.2) is 0 Å². The van der Waals surface area contributed by atoms with Crippen LogP contribution in [0, 0.1) is 18.3 Å². The Morgan fingerprint density at radius 1 is 1.26 bits per heavy atom. The number of hydrogen-bond donors (Lipinski definition) is 1. The Bertz CT molecular complexity index is 1040. The number of rotatable bonds is 4. The molecule has 0 aliphatic rings. The molecule has 0 bridgehead atoms. The van der Waals surface area contributed by atoms with E-state index in [1.165, 1.54) is 0 Å². The smallest absolute Gasteiger partial charge is 0.355 e. The van der Waals surface area contributed by atoms with Crippen molar-refractivity contribution in [3.8, 4) is 28.5 Å². The predicted octanol–water partition coefficient (Wildman–Crippen LogP) is 3.69. The van der Waals surface area contributed by atoms with Crippen molar-refractivity contribution in [1.29, 1.82) is 5.26 Å². The number of nitrogens with zero attached hydrogens (tertiary/aromatic N) is 3. The molecule has 6 heteroatoms. The molecule has 0 spiro atoms. The number of nitriles is 1.